The minimum absolute atomic E-state index is 0.0255. The minimum Gasteiger partial charge on any atom is -0.337 e. The third-order valence-corrected chi connectivity index (χ3v) is 4.89. The molecule has 1 aromatic carbocycles. The van der Waals surface area contributed by atoms with Crippen LogP contribution in [0.2, 0.25) is 0 Å². The highest BCUT2D eigenvalue weighted by Gasteiger charge is 2.16. The molecule has 2 rings (SSSR count). The van der Waals surface area contributed by atoms with Crippen LogP contribution in [-0.2, 0) is 9.84 Å². The summed E-state index contributed by atoms with van der Waals surface area (Å²) in [7, 11) is -3.35. The normalized spacial score (nSPS) is 12.6. The van der Waals surface area contributed by atoms with Crippen molar-refractivity contribution in [3.63, 3.8) is 0 Å². The number of sulfone groups is 1. The monoisotopic (exact) mass is 361 g/mol. The molecule has 1 heterocycles. The van der Waals surface area contributed by atoms with Gasteiger partial charge >= 0.3 is 6.03 Å². The van der Waals surface area contributed by atoms with E-state index < -0.39 is 9.84 Å². The van der Waals surface area contributed by atoms with Gasteiger partial charge in [0.2, 0.25) is 0 Å². The number of amides is 2. The maximum absolute atomic E-state index is 12.1. The molecule has 0 aliphatic carbocycles. The van der Waals surface area contributed by atoms with Crippen LogP contribution in [0.25, 0.3) is 0 Å². The topological polar surface area (TPSA) is 88.2 Å². The van der Waals surface area contributed by atoms with E-state index in [-0.39, 0.29) is 17.0 Å². The largest absolute Gasteiger partial charge is 0.337 e. The molecule has 0 saturated carbocycles. The number of carbonyl (C=O) groups is 1. The highest BCUT2D eigenvalue weighted by molar-refractivity contribution is 7.90. The van der Waals surface area contributed by atoms with Crippen LogP contribution in [0.3, 0.4) is 0 Å². The zero-order chi connectivity index (χ0) is 18.4. The standard InChI is InChI=1S/C18H23N3O3S/c1-13(2)16(14-7-5-4-6-8-14)12-20-18(22)21-15-9-10-17(19-11-15)25(3,23)24/h4-11,13,16H,12H2,1-3H3,(H2,20,21,22). The molecule has 1 aromatic heterocycles. The zero-order valence-corrected chi connectivity index (χ0v) is 15.4. The van der Waals surface area contributed by atoms with Gasteiger partial charge in [-0.3, -0.25) is 0 Å². The Kier molecular flexibility index (Phi) is 6.14. The molecule has 25 heavy (non-hydrogen) atoms. The van der Waals surface area contributed by atoms with Gasteiger partial charge in [0.25, 0.3) is 0 Å². The summed E-state index contributed by atoms with van der Waals surface area (Å²) in [5.74, 6) is 0.580. The Morgan fingerprint density at radius 2 is 1.80 bits per heavy atom. The molecule has 1 unspecified atom stereocenters. The number of nitrogens with zero attached hydrogens (tertiary/aromatic N) is 1. The maximum Gasteiger partial charge on any atom is 0.319 e. The van der Waals surface area contributed by atoms with Crippen molar-refractivity contribution in [3.8, 4) is 0 Å². The fourth-order valence-electron chi connectivity index (χ4n) is 2.49. The summed E-state index contributed by atoms with van der Waals surface area (Å²) in [5.41, 5.74) is 1.61. The molecule has 0 radical (unpaired) electrons. The van der Waals surface area contributed by atoms with Crippen molar-refractivity contribution in [1.29, 1.82) is 0 Å². The smallest absolute Gasteiger partial charge is 0.319 e. The Balaban J connectivity index is 1.95. The molecule has 2 aromatic rings. The Bertz CT molecular complexity index is 803. The molecule has 2 N–H and O–H groups in total. The number of aromatic nitrogens is 1. The lowest BCUT2D eigenvalue weighted by Crippen LogP contribution is -2.33. The van der Waals surface area contributed by atoms with Gasteiger partial charge in [-0.05, 0) is 23.6 Å². The van der Waals surface area contributed by atoms with Crippen molar-refractivity contribution in [2.45, 2.75) is 24.8 Å². The second-order valence-electron chi connectivity index (χ2n) is 6.25. The summed E-state index contributed by atoms with van der Waals surface area (Å²) in [6, 6.07) is 12.6. The summed E-state index contributed by atoms with van der Waals surface area (Å²) in [6.45, 7) is 4.73. The third-order valence-electron chi connectivity index (χ3n) is 3.89. The number of urea groups is 1. The molecule has 0 saturated heterocycles. The van der Waals surface area contributed by atoms with Crippen LogP contribution in [0.5, 0.6) is 0 Å². The minimum atomic E-state index is -3.35. The van der Waals surface area contributed by atoms with E-state index in [1.54, 1.807) is 0 Å². The Morgan fingerprint density at radius 3 is 2.32 bits per heavy atom. The van der Waals surface area contributed by atoms with E-state index in [4.69, 9.17) is 0 Å². The fourth-order valence-corrected chi connectivity index (χ4v) is 3.05. The number of carbonyl (C=O) groups excluding carboxylic acids is 1. The van der Waals surface area contributed by atoms with Crippen molar-refractivity contribution in [2.24, 2.45) is 5.92 Å². The van der Waals surface area contributed by atoms with E-state index in [0.29, 0.717) is 18.2 Å². The summed E-state index contributed by atoms with van der Waals surface area (Å²) in [6.07, 6.45) is 2.41. The van der Waals surface area contributed by atoms with Crippen molar-refractivity contribution in [2.75, 3.05) is 18.1 Å². The lowest BCUT2D eigenvalue weighted by atomic mass is 9.88. The maximum atomic E-state index is 12.1. The van der Waals surface area contributed by atoms with Gasteiger partial charge in [-0.15, -0.1) is 0 Å². The van der Waals surface area contributed by atoms with Crippen LogP contribution < -0.4 is 10.6 Å². The molecule has 0 spiro atoms. The molecule has 0 aliphatic rings. The SMILES string of the molecule is CC(C)C(CNC(=O)Nc1ccc(S(C)(=O)=O)nc1)c1ccccc1. The summed E-state index contributed by atoms with van der Waals surface area (Å²) >= 11 is 0. The van der Waals surface area contributed by atoms with Gasteiger partial charge in [0.05, 0.1) is 11.9 Å². The van der Waals surface area contributed by atoms with Gasteiger partial charge in [-0.2, -0.15) is 0 Å². The summed E-state index contributed by atoms with van der Waals surface area (Å²) in [5, 5.41) is 5.49. The molecule has 1 atom stereocenters. The first kappa shape index (κ1) is 18.9. The molecule has 0 bridgehead atoms. The molecule has 2 amide bonds. The van der Waals surface area contributed by atoms with E-state index in [1.807, 2.05) is 18.2 Å². The number of nitrogens with one attached hydrogen (secondary N) is 2. The van der Waals surface area contributed by atoms with Gasteiger partial charge in [0, 0.05) is 18.7 Å². The lowest BCUT2D eigenvalue weighted by Gasteiger charge is -2.22. The summed E-state index contributed by atoms with van der Waals surface area (Å²) < 4.78 is 22.8. The Morgan fingerprint density at radius 1 is 1.12 bits per heavy atom. The first-order valence-corrected chi connectivity index (χ1v) is 9.92. The van der Waals surface area contributed by atoms with Gasteiger partial charge in [-0.1, -0.05) is 44.2 Å². The number of hydrogen-bond acceptors (Lipinski definition) is 4. The van der Waals surface area contributed by atoms with Crippen LogP contribution >= 0.6 is 0 Å². The van der Waals surface area contributed by atoms with Crippen molar-refractivity contribution in [1.82, 2.24) is 10.3 Å². The van der Waals surface area contributed by atoms with E-state index in [1.165, 1.54) is 23.9 Å². The van der Waals surface area contributed by atoms with Gasteiger partial charge < -0.3 is 10.6 Å². The summed E-state index contributed by atoms with van der Waals surface area (Å²) in [4.78, 5) is 15.9. The first-order chi connectivity index (χ1) is 11.8. The van der Waals surface area contributed by atoms with E-state index in [9.17, 15) is 13.2 Å². The number of anilines is 1. The second-order valence-corrected chi connectivity index (χ2v) is 8.22. The molecule has 0 aliphatic heterocycles. The molecule has 6 nitrogen and oxygen atoms in total. The highest BCUT2D eigenvalue weighted by atomic mass is 32.2. The van der Waals surface area contributed by atoms with E-state index in [2.05, 4.69) is 41.6 Å². The zero-order valence-electron chi connectivity index (χ0n) is 14.6. The number of pyridine rings is 1. The van der Waals surface area contributed by atoms with E-state index >= 15 is 0 Å². The highest BCUT2D eigenvalue weighted by Crippen LogP contribution is 2.23. The van der Waals surface area contributed by atoms with Crippen molar-refractivity contribution in [3.05, 3.63) is 54.2 Å². The Labute approximate surface area is 148 Å². The quantitative estimate of drug-likeness (QED) is 0.828. The average molecular weight is 361 g/mol. The predicted molar refractivity (Wildman–Crippen MR) is 98.4 cm³/mol. The lowest BCUT2D eigenvalue weighted by molar-refractivity contribution is 0.250. The molecular weight excluding hydrogens is 338 g/mol. The average Bonchev–Trinajstić information content (AvgIpc) is 2.55. The number of rotatable bonds is 6. The van der Waals surface area contributed by atoms with Crippen LogP contribution in [0.15, 0.2) is 53.7 Å². The number of benzene rings is 1. The third kappa shape index (κ3) is 5.56. The predicted octanol–water partition coefficient (Wildman–Crippen LogP) is 3.05. The molecule has 0 fully saturated rings. The van der Waals surface area contributed by atoms with E-state index in [0.717, 1.165) is 6.26 Å². The van der Waals surface area contributed by atoms with Crippen LogP contribution in [0, 0.1) is 5.92 Å². The van der Waals surface area contributed by atoms with Crippen molar-refractivity contribution < 1.29 is 13.2 Å². The second kappa shape index (κ2) is 8.11. The van der Waals surface area contributed by atoms with Crippen LogP contribution in [-0.4, -0.2) is 32.2 Å². The fraction of sp³-hybridized carbons (Fsp3) is 0.333. The molecular formula is C18H23N3O3S. The molecule has 7 heteroatoms. The van der Waals surface area contributed by atoms with Gasteiger partial charge in [0.1, 0.15) is 0 Å². The van der Waals surface area contributed by atoms with Crippen LogP contribution in [0.4, 0.5) is 10.5 Å². The number of hydrogen-bond donors (Lipinski definition) is 2. The van der Waals surface area contributed by atoms with Crippen LogP contribution in [0.1, 0.15) is 25.3 Å². The van der Waals surface area contributed by atoms with Gasteiger partial charge in [0.15, 0.2) is 14.9 Å². The molecule has 134 valence electrons. The van der Waals surface area contributed by atoms with Gasteiger partial charge in [-0.25, -0.2) is 18.2 Å². The Hall–Kier alpha value is -2.41. The van der Waals surface area contributed by atoms with Crippen molar-refractivity contribution >= 4 is 21.6 Å². The first-order valence-electron chi connectivity index (χ1n) is 8.03.